The van der Waals surface area contributed by atoms with Gasteiger partial charge in [0.1, 0.15) is 19.8 Å². The summed E-state index contributed by atoms with van der Waals surface area (Å²) < 4.78 is 14.1. The lowest BCUT2D eigenvalue weighted by atomic mass is 10.2. The summed E-state index contributed by atoms with van der Waals surface area (Å²) >= 11 is 3.41. The number of nitrogens with zero attached hydrogens (tertiary/aromatic N) is 2. The minimum absolute atomic E-state index is 0.220. The first-order valence-electron chi connectivity index (χ1n) is 9.11. The molecule has 0 aliphatic carbocycles. The number of carbonyl (C=O) groups is 1. The topological polar surface area (TPSA) is 91.6 Å². The van der Waals surface area contributed by atoms with E-state index < -0.39 is 11.6 Å². The van der Waals surface area contributed by atoms with Crippen LogP contribution in [0.25, 0.3) is 10.9 Å². The molecule has 150 valence electrons. The Balaban J connectivity index is 1.69. The number of halogens is 1. The van der Waals surface area contributed by atoms with Crippen molar-refractivity contribution in [2.24, 2.45) is 0 Å². The van der Waals surface area contributed by atoms with Gasteiger partial charge in [0.25, 0.3) is 5.56 Å². The van der Waals surface area contributed by atoms with Gasteiger partial charge in [-0.1, -0.05) is 12.1 Å². The Kier molecular flexibility index (Phi) is 5.14. The van der Waals surface area contributed by atoms with Crippen molar-refractivity contribution in [2.45, 2.75) is 20.0 Å². The van der Waals surface area contributed by atoms with Gasteiger partial charge in [0.2, 0.25) is 5.91 Å². The van der Waals surface area contributed by atoms with Crippen LogP contribution in [0.15, 0.2) is 50.5 Å². The van der Waals surface area contributed by atoms with Crippen molar-refractivity contribution in [1.82, 2.24) is 9.13 Å². The van der Waals surface area contributed by atoms with Crippen molar-refractivity contribution in [1.29, 1.82) is 0 Å². The van der Waals surface area contributed by atoms with Gasteiger partial charge in [0, 0.05) is 23.2 Å². The van der Waals surface area contributed by atoms with E-state index in [1.165, 1.54) is 4.57 Å². The van der Waals surface area contributed by atoms with Crippen molar-refractivity contribution >= 4 is 38.4 Å². The van der Waals surface area contributed by atoms with Gasteiger partial charge in [-0.25, -0.2) is 4.79 Å². The molecule has 0 atom stereocenters. The molecule has 2 aromatic carbocycles. The number of para-hydroxylation sites is 1. The van der Waals surface area contributed by atoms with Crippen LogP contribution in [-0.2, 0) is 17.9 Å². The third-order valence-electron chi connectivity index (χ3n) is 4.66. The monoisotopic (exact) mass is 459 g/mol. The molecule has 2 heterocycles. The van der Waals surface area contributed by atoms with E-state index in [1.807, 2.05) is 0 Å². The van der Waals surface area contributed by atoms with Crippen LogP contribution in [-0.4, -0.2) is 28.3 Å². The van der Waals surface area contributed by atoms with Crippen molar-refractivity contribution in [3.63, 3.8) is 0 Å². The molecular weight excluding hydrogens is 442 g/mol. The highest BCUT2D eigenvalue weighted by molar-refractivity contribution is 9.10. The molecule has 4 rings (SSSR count). The number of amides is 1. The summed E-state index contributed by atoms with van der Waals surface area (Å²) in [6.45, 7) is 2.60. The van der Waals surface area contributed by atoms with Crippen LogP contribution in [0.2, 0.25) is 0 Å². The highest BCUT2D eigenvalue weighted by Gasteiger charge is 2.18. The fourth-order valence-electron chi connectivity index (χ4n) is 3.30. The number of aromatic nitrogens is 2. The van der Waals surface area contributed by atoms with Crippen molar-refractivity contribution in [3.8, 4) is 11.5 Å². The summed E-state index contributed by atoms with van der Waals surface area (Å²) in [5.41, 5.74) is 0.0379. The molecule has 0 unspecified atom stereocenters. The first kappa shape index (κ1) is 19.3. The van der Waals surface area contributed by atoms with E-state index in [-0.39, 0.29) is 18.6 Å². The maximum atomic E-state index is 12.8. The lowest BCUT2D eigenvalue weighted by Gasteiger charge is -2.20. The molecule has 1 aliphatic rings. The third-order valence-corrected chi connectivity index (χ3v) is 5.31. The molecule has 1 aliphatic heterocycles. The highest BCUT2D eigenvalue weighted by atomic mass is 79.9. The van der Waals surface area contributed by atoms with E-state index in [1.54, 1.807) is 43.3 Å². The smallest absolute Gasteiger partial charge is 0.331 e. The normalized spacial score (nSPS) is 12.8. The Morgan fingerprint density at radius 1 is 1.10 bits per heavy atom. The fourth-order valence-corrected chi connectivity index (χ4v) is 3.72. The van der Waals surface area contributed by atoms with Gasteiger partial charge in [-0.15, -0.1) is 0 Å². The zero-order chi connectivity index (χ0) is 20.5. The molecule has 29 heavy (non-hydrogen) atoms. The molecule has 0 spiro atoms. The Labute approximate surface area is 173 Å². The predicted molar refractivity (Wildman–Crippen MR) is 112 cm³/mol. The first-order valence-corrected chi connectivity index (χ1v) is 9.90. The summed E-state index contributed by atoms with van der Waals surface area (Å²) in [5.74, 6) is 0.728. The number of ether oxygens (including phenoxy) is 2. The van der Waals surface area contributed by atoms with E-state index in [0.29, 0.717) is 45.8 Å². The van der Waals surface area contributed by atoms with Crippen LogP contribution in [0.3, 0.4) is 0 Å². The van der Waals surface area contributed by atoms with Crippen molar-refractivity contribution in [3.05, 3.63) is 61.7 Å². The second kappa shape index (κ2) is 7.75. The van der Waals surface area contributed by atoms with Gasteiger partial charge in [-0.3, -0.25) is 18.7 Å². The van der Waals surface area contributed by atoms with Gasteiger partial charge in [-0.05, 0) is 35.0 Å². The summed E-state index contributed by atoms with van der Waals surface area (Å²) in [4.78, 5) is 38.0. The zero-order valence-electron chi connectivity index (χ0n) is 15.6. The molecule has 1 aromatic heterocycles. The second-order valence-corrected chi connectivity index (χ2v) is 7.31. The summed E-state index contributed by atoms with van der Waals surface area (Å²) in [6, 6.07) is 10.2. The standard InChI is InChI=1S/C20H18BrN3O5/c1-2-23-19(26)12-5-3-4-6-15(12)24(20(23)27)11-18(25)22-14-10-17-16(9-13(14)21)28-7-8-29-17/h3-6,9-10H,2,7-8,11H2,1H3,(H,22,25). The summed E-state index contributed by atoms with van der Waals surface area (Å²) in [7, 11) is 0. The van der Waals surface area contributed by atoms with Crippen LogP contribution in [0, 0.1) is 0 Å². The van der Waals surface area contributed by atoms with Crippen molar-refractivity contribution in [2.75, 3.05) is 18.5 Å². The maximum absolute atomic E-state index is 12.8. The number of carbonyl (C=O) groups excluding carboxylic acids is 1. The highest BCUT2D eigenvalue weighted by Crippen LogP contribution is 2.38. The van der Waals surface area contributed by atoms with Gasteiger partial charge < -0.3 is 14.8 Å². The lowest BCUT2D eigenvalue weighted by molar-refractivity contribution is -0.116. The largest absolute Gasteiger partial charge is 0.486 e. The molecule has 0 saturated heterocycles. The predicted octanol–water partition coefficient (Wildman–Crippen LogP) is 2.36. The van der Waals surface area contributed by atoms with Gasteiger partial charge >= 0.3 is 5.69 Å². The summed E-state index contributed by atoms with van der Waals surface area (Å²) in [6.07, 6.45) is 0. The molecule has 0 saturated carbocycles. The van der Waals surface area contributed by atoms with E-state index in [2.05, 4.69) is 21.2 Å². The Bertz CT molecular complexity index is 1230. The van der Waals surface area contributed by atoms with Crippen LogP contribution >= 0.6 is 15.9 Å². The molecule has 9 heteroatoms. The van der Waals surface area contributed by atoms with Gasteiger partial charge in [-0.2, -0.15) is 0 Å². The molecule has 0 fully saturated rings. The Morgan fingerprint density at radius 3 is 2.52 bits per heavy atom. The lowest BCUT2D eigenvalue weighted by Crippen LogP contribution is -2.41. The number of nitrogens with one attached hydrogen (secondary N) is 1. The van der Waals surface area contributed by atoms with E-state index >= 15 is 0 Å². The molecule has 1 N–H and O–H groups in total. The number of hydrogen-bond donors (Lipinski definition) is 1. The minimum Gasteiger partial charge on any atom is -0.486 e. The van der Waals surface area contributed by atoms with Crippen LogP contribution in [0.4, 0.5) is 5.69 Å². The van der Waals surface area contributed by atoms with Gasteiger partial charge in [0.05, 0.1) is 16.6 Å². The average Bonchev–Trinajstić information content (AvgIpc) is 2.72. The van der Waals surface area contributed by atoms with E-state index in [0.717, 1.165) is 4.57 Å². The third kappa shape index (κ3) is 3.53. The molecule has 8 nitrogen and oxygen atoms in total. The van der Waals surface area contributed by atoms with E-state index in [9.17, 15) is 14.4 Å². The summed E-state index contributed by atoms with van der Waals surface area (Å²) in [5, 5.41) is 3.18. The van der Waals surface area contributed by atoms with Crippen LogP contribution in [0.5, 0.6) is 11.5 Å². The first-order chi connectivity index (χ1) is 14.0. The maximum Gasteiger partial charge on any atom is 0.331 e. The van der Waals surface area contributed by atoms with Crippen LogP contribution < -0.4 is 26.0 Å². The van der Waals surface area contributed by atoms with Crippen molar-refractivity contribution < 1.29 is 14.3 Å². The number of anilines is 1. The SMILES string of the molecule is CCn1c(=O)c2ccccc2n(CC(=O)Nc2cc3c(cc2Br)OCCO3)c1=O. The minimum atomic E-state index is -0.521. The molecule has 0 bridgehead atoms. The Hall–Kier alpha value is -3.07. The molecular formula is C20H18BrN3O5. The van der Waals surface area contributed by atoms with Crippen LogP contribution in [0.1, 0.15) is 6.92 Å². The fraction of sp³-hybridized carbons (Fsp3) is 0.250. The average molecular weight is 460 g/mol. The second-order valence-electron chi connectivity index (χ2n) is 6.46. The molecule has 3 aromatic rings. The number of fused-ring (bicyclic) bond motifs is 2. The number of benzene rings is 2. The molecule has 1 amide bonds. The zero-order valence-corrected chi connectivity index (χ0v) is 17.2. The quantitative estimate of drug-likeness (QED) is 0.646. The number of hydrogen-bond acceptors (Lipinski definition) is 5. The van der Waals surface area contributed by atoms with Gasteiger partial charge in [0.15, 0.2) is 11.5 Å². The van der Waals surface area contributed by atoms with E-state index in [4.69, 9.17) is 9.47 Å². The number of rotatable bonds is 4. The Morgan fingerprint density at radius 2 is 1.79 bits per heavy atom. The molecule has 0 radical (unpaired) electrons.